The van der Waals surface area contributed by atoms with Crippen LogP contribution in [-0.4, -0.2) is 6.54 Å². The van der Waals surface area contributed by atoms with Crippen LogP contribution in [0.1, 0.15) is 24.9 Å². The van der Waals surface area contributed by atoms with Gasteiger partial charge in [0, 0.05) is 10.6 Å². The van der Waals surface area contributed by atoms with Crippen molar-refractivity contribution in [2.75, 3.05) is 6.54 Å². The van der Waals surface area contributed by atoms with Crippen LogP contribution in [0.5, 0.6) is 0 Å². The maximum atomic E-state index is 13.5. The molecule has 1 N–H and O–H groups in total. The van der Waals surface area contributed by atoms with E-state index < -0.39 is 0 Å². The molecule has 0 saturated carbocycles. The summed E-state index contributed by atoms with van der Waals surface area (Å²) in [5, 5.41) is 3.61. The van der Waals surface area contributed by atoms with Gasteiger partial charge in [0.05, 0.1) is 6.04 Å². The minimum Gasteiger partial charge on any atom is -0.307 e. The second-order valence-electron chi connectivity index (χ2n) is 3.33. The molecule has 0 aliphatic heterocycles. The van der Waals surface area contributed by atoms with Gasteiger partial charge in [-0.1, -0.05) is 30.7 Å². The number of halogens is 2. The lowest BCUT2D eigenvalue weighted by Crippen LogP contribution is -2.21. The van der Waals surface area contributed by atoms with Gasteiger partial charge in [-0.05, 0) is 25.1 Å². The SMILES string of the molecule is C=CC(NCCC)c1ccc(Cl)cc1F. The Morgan fingerprint density at radius 2 is 2.33 bits per heavy atom. The van der Waals surface area contributed by atoms with Crippen LogP contribution in [0.25, 0.3) is 0 Å². The van der Waals surface area contributed by atoms with Crippen LogP contribution in [0.3, 0.4) is 0 Å². The van der Waals surface area contributed by atoms with E-state index in [-0.39, 0.29) is 11.9 Å². The summed E-state index contributed by atoms with van der Waals surface area (Å²) in [4.78, 5) is 0. The van der Waals surface area contributed by atoms with Gasteiger partial charge in [0.2, 0.25) is 0 Å². The third-order valence-corrected chi connectivity index (χ3v) is 2.38. The molecule has 1 atom stereocenters. The first-order valence-corrected chi connectivity index (χ1v) is 5.37. The molecule has 0 aromatic heterocycles. The fourth-order valence-corrected chi connectivity index (χ4v) is 1.53. The van der Waals surface area contributed by atoms with E-state index >= 15 is 0 Å². The molecule has 0 spiro atoms. The second-order valence-corrected chi connectivity index (χ2v) is 3.77. The van der Waals surface area contributed by atoms with Crippen LogP contribution < -0.4 is 5.32 Å². The molecule has 1 rings (SSSR count). The highest BCUT2D eigenvalue weighted by atomic mass is 35.5. The molecule has 1 unspecified atom stereocenters. The average molecular weight is 228 g/mol. The van der Waals surface area contributed by atoms with E-state index in [2.05, 4.69) is 18.8 Å². The zero-order chi connectivity index (χ0) is 11.3. The number of nitrogens with one attached hydrogen (secondary N) is 1. The standard InChI is InChI=1S/C12H15ClFN/c1-3-7-15-12(4-2)10-6-5-9(13)8-11(10)14/h4-6,8,12,15H,2-3,7H2,1H3. The molecule has 82 valence electrons. The molecule has 0 fully saturated rings. The third-order valence-electron chi connectivity index (χ3n) is 2.15. The van der Waals surface area contributed by atoms with Gasteiger partial charge < -0.3 is 5.32 Å². The highest BCUT2D eigenvalue weighted by Gasteiger charge is 2.11. The quantitative estimate of drug-likeness (QED) is 0.757. The maximum Gasteiger partial charge on any atom is 0.129 e. The fourth-order valence-electron chi connectivity index (χ4n) is 1.37. The summed E-state index contributed by atoms with van der Waals surface area (Å²) in [5.74, 6) is -0.295. The summed E-state index contributed by atoms with van der Waals surface area (Å²) in [6.07, 6.45) is 2.70. The van der Waals surface area contributed by atoms with Gasteiger partial charge >= 0.3 is 0 Å². The van der Waals surface area contributed by atoms with Crippen molar-refractivity contribution < 1.29 is 4.39 Å². The van der Waals surface area contributed by atoms with Crippen molar-refractivity contribution in [2.45, 2.75) is 19.4 Å². The molecule has 0 saturated heterocycles. The van der Waals surface area contributed by atoms with E-state index in [1.54, 1.807) is 18.2 Å². The largest absolute Gasteiger partial charge is 0.307 e. The Bertz CT molecular complexity index is 338. The summed E-state index contributed by atoms with van der Waals surface area (Å²) in [6, 6.07) is 4.54. The zero-order valence-corrected chi connectivity index (χ0v) is 9.52. The molecule has 1 nitrogen and oxygen atoms in total. The molecule has 0 heterocycles. The van der Waals surface area contributed by atoms with Crippen LogP contribution >= 0.6 is 11.6 Å². The Hall–Kier alpha value is -0.860. The van der Waals surface area contributed by atoms with Gasteiger partial charge in [0.1, 0.15) is 5.82 Å². The lowest BCUT2D eigenvalue weighted by Gasteiger charge is -2.15. The summed E-state index contributed by atoms with van der Waals surface area (Å²) in [7, 11) is 0. The van der Waals surface area contributed by atoms with Crippen molar-refractivity contribution in [3.63, 3.8) is 0 Å². The number of rotatable bonds is 5. The Morgan fingerprint density at radius 1 is 1.60 bits per heavy atom. The summed E-state index contributed by atoms with van der Waals surface area (Å²) < 4.78 is 13.5. The van der Waals surface area contributed by atoms with Crippen LogP contribution in [0.15, 0.2) is 30.9 Å². The number of benzene rings is 1. The van der Waals surface area contributed by atoms with Gasteiger partial charge in [-0.15, -0.1) is 6.58 Å². The minimum atomic E-state index is -0.295. The summed E-state index contributed by atoms with van der Waals surface area (Å²) in [5.41, 5.74) is 0.586. The molecule has 15 heavy (non-hydrogen) atoms. The Balaban J connectivity index is 2.86. The average Bonchev–Trinajstić information content (AvgIpc) is 2.21. The van der Waals surface area contributed by atoms with Gasteiger partial charge in [0.15, 0.2) is 0 Å². The van der Waals surface area contributed by atoms with E-state index in [0.29, 0.717) is 10.6 Å². The van der Waals surface area contributed by atoms with Crippen molar-refractivity contribution in [3.8, 4) is 0 Å². The molecular weight excluding hydrogens is 213 g/mol. The lowest BCUT2D eigenvalue weighted by atomic mass is 10.1. The normalized spacial score (nSPS) is 12.5. The van der Waals surface area contributed by atoms with Gasteiger partial charge in [-0.2, -0.15) is 0 Å². The van der Waals surface area contributed by atoms with E-state index in [1.165, 1.54) is 6.07 Å². The first kappa shape index (κ1) is 12.2. The first-order chi connectivity index (χ1) is 7.19. The zero-order valence-electron chi connectivity index (χ0n) is 8.76. The minimum absolute atomic E-state index is 0.151. The third kappa shape index (κ3) is 3.33. The van der Waals surface area contributed by atoms with E-state index in [9.17, 15) is 4.39 Å². The predicted octanol–water partition coefficient (Wildman–Crippen LogP) is 3.71. The smallest absolute Gasteiger partial charge is 0.129 e. The van der Waals surface area contributed by atoms with Gasteiger partial charge in [0.25, 0.3) is 0 Å². The maximum absolute atomic E-state index is 13.5. The topological polar surface area (TPSA) is 12.0 Å². The molecule has 1 aromatic rings. The molecule has 0 amide bonds. The first-order valence-electron chi connectivity index (χ1n) is 5.00. The van der Waals surface area contributed by atoms with Crippen LogP contribution in [0.2, 0.25) is 5.02 Å². The Morgan fingerprint density at radius 3 is 2.87 bits per heavy atom. The monoisotopic (exact) mass is 227 g/mol. The summed E-state index contributed by atoms with van der Waals surface area (Å²) >= 11 is 5.68. The molecule has 0 bridgehead atoms. The second kappa shape index (κ2) is 5.89. The van der Waals surface area contributed by atoms with Crippen molar-refractivity contribution in [1.29, 1.82) is 0 Å². The van der Waals surface area contributed by atoms with Crippen molar-refractivity contribution in [2.24, 2.45) is 0 Å². The van der Waals surface area contributed by atoms with Gasteiger partial charge in [-0.25, -0.2) is 4.39 Å². The highest BCUT2D eigenvalue weighted by Crippen LogP contribution is 2.21. The van der Waals surface area contributed by atoms with Crippen molar-refractivity contribution in [1.82, 2.24) is 5.32 Å². The molecule has 1 aromatic carbocycles. The number of hydrogen-bond donors (Lipinski definition) is 1. The van der Waals surface area contributed by atoms with E-state index in [1.807, 2.05) is 0 Å². The van der Waals surface area contributed by atoms with Crippen LogP contribution in [-0.2, 0) is 0 Å². The van der Waals surface area contributed by atoms with E-state index in [0.717, 1.165) is 13.0 Å². The molecule has 3 heteroatoms. The molecule has 0 aliphatic rings. The van der Waals surface area contributed by atoms with Gasteiger partial charge in [-0.3, -0.25) is 0 Å². The summed E-state index contributed by atoms with van der Waals surface area (Å²) in [6.45, 7) is 6.58. The predicted molar refractivity (Wildman–Crippen MR) is 62.6 cm³/mol. The molecular formula is C12H15ClFN. The lowest BCUT2D eigenvalue weighted by molar-refractivity contribution is 0.556. The molecule has 0 aliphatic carbocycles. The van der Waals surface area contributed by atoms with Crippen molar-refractivity contribution in [3.05, 3.63) is 47.3 Å². The van der Waals surface area contributed by atoms with Crippen LogP contribution in [0, 0.1) is 5.82 Å². The fraction of sp³-hybridized carbons (Fsp3) is 0.333. The van der Waals surface area contributed by atoms with Crippen LogP contribution in [0.4, 0.5) is 4.39 Å². The molecule has 0 radical (unpaired) electrons. The number of hydrogen-bond acceptors (Lipinski definition) is 1. The van der Waals surface area contributed by atoms with Crippen molar-refractivity contribution >= 4 is 11.6 Å². The van der Waals surface area contributed by atoms with E-state index in [4.69, 9.17) is 11.6 Å². The Labute approximate surface area is 95.0 Å². The highest BCUT2D eigenvalue weighted by molar-refractivity contribution is 6.30. The Kier molecular flexibility index (Phi) is 4.79.